The lowest BCUT2D eigenvalue weighted by atomic mass is 9.99. The number of hydrogen-bond acceptors (Lipinski definition) is 11. The average Bonchev–Trinajstić information content (AvgIpc) is 2.75. The van der Waals surface area contributed by atoms with Gasteiger partial charge in [0.05, 0.1) is 13.7 Å². The lowest BCUT2D eigenvalue weighted by molar-refractivity contribution is -0.277. The van der Waals surface area contributed by atoms with Crippen LogP contribution in [0.15, 0.2) is 33.5 Å². The Bertz CT molecular complexity index is 1190. The van der Waals surface area contributed by atoms with Gasteiger partial charge in [-0.3, -0.25) is 4.79 Å². The minimum absolute atomic E-state index is 0.0115. The quantitative estimate of drug-likeness (QED) is 0.292. The number of aromatic hydroxyl groups is 2. The van der Waals surface area contributed by atoms with E-state index in [1.54, 1.807) is 0 Å². The first-order valence-electron chi connectivity index (χ1n) is 9.23. The van der Waals surface area contributed by atoms with Crippen LogP contribution in [0, 0.1) is 0 Å². The van der Waals surface area contributed by atoms with Crippen LogP contribution in [0.3, 0.4) is 0 Å². The molecule has 0 bridgehead atoms. The van der Waals surface area contributed by atoms with E-state index in [1.165, 1.54) is 31.4 Å². The molecule has 166 valence electrons. The highest BCUT2D eigenvalue weighted by molar-refractivity contribution is 5.97. The van der Waals surface area contributed by atoms with Gasteiger partial charge in [0.2, 0.25) is 11.7 Å². The van der Waals surface area contributed by atoms with Gasteiger partial charge in [0.15, 0.2) is 11.5 Å². The van der Waals surface area contributed by atoms with Crippen molar-refractivity contribution in [2.24, 2.45) is 0 Å². The largest absolute Gasteiger partial charge is 0.507 e. The number of phenolic OH excluding ortho intramolecular Hbond substituents is 2. The van der Waals surface area contributed by atoms with Gasteiger partial charge in [-0.25, -0.2) is 0 Å². The van der Waals surface area contributed by atoms with Crippen molar-refractivity contribution in [3.05, 3.63) is 34.5 Å². The number of benzene rings is 2. The molecule has 1 aliphatic heterocycles. The van der Waals surface area contributed by atoms with E-state index in [9.17, 15) is 35.4 Å². The van der Waals surface area contributed by atoms with Crippen LogP contribution in [-0.4, -0.2) is 75.1 Å². The third-order valence-corrected chi connectivity index (χ3v) is 5.15. The molecular formula is C20H20O11. The maximum atomic E-state index is 13.2. The van der Waals surface area contributed by atoms with Crippen molar-refractivity contribution in [1.29, 1.82) is 0 Å². The van der Waals surface area contributed by atoms with E-state index in [1.807, 2.05) is 0 Å². The molecule has 2 heterocycles. The Balaban J connectivity index is 1.87. The summed E-state index contributed by atoms with van der Waals surface area (Å²) in [6.07, 6.45) is -8.00. The van der Waals surface area contributed by atoms with E-state index in [0.717, 1.165) is 0 Å². The Hall–Kier alpha value is -3.09. The lowest BCUT2D eigenvalue weighted by Gasteiger charge is -2.39. The summed E-state index contributed by atoms with van der Waals surface area (Å²) in [5.74, 6) is -1.12. The van der Waals surface area contributed by atoms with Gasteiger partial charge in [0, 0.05) is 12.1 Å². The minimum Gasteiger partial charge on any atom is -0.507 e. The van der Waals surface area contributed by atoms with Crippen LogP contribution in [0.25, 0.3) is 21.9 Å². The molecule has 1 aromatic heterocycles. The molecule has 6 N–H and O–H groups in total. The molecule has 0 aliphatic carbocycles. The number of rotatable bonds is 4. The van der Waals surface area contributed by atoms with Gasteiger partial charge in [0.25, 0.3) is 0 Å². The Labute approximate surface area is 173 Å². The molecule has 1 saturated heterocycles. The van der Waals surface area contributed by atoms with Crippen molar-refractivity contribution < 1.29 is 49.3 Å². The molecular weight excluding hydrogens is 416 g/mol. The van der Waals surface area contributed by atoms with Crippen molar-refractivity contribution in [1.82, 2.24) is 0 Å². The molecule has 3 aromatic rings. The molecule has 4 rings (SSSR count). The number of phenols is 2. The number of methoxy groups -OCH3 is 1. The van der Waals surface area contributed by atoms with Gasteiger partial charge in [-0.15, -0.1) is 0 Å². The summed E-state index contributed by atoms with van der Waals surface area (Å²) < 4.78 is 21.5. The molecule has 0 saturated carbocycles. The molecule has 5 unspecified atom stereocenters. The highest BCUT2D eigenvalue weighted by Crippen LogP contribution is 2.38. The van der Waals surface area contributed by atoms with E-state index < -0.39 is 60.0 Å². The third kappa shape index (κ3) is 3.42. The zero-order valence-electron chi connectivity index (χ0n) is 16.1. The minimum atomic E-state index is -1.77. The molecule has 0 spiro atoms. The number of ether oxygens (including phenoxy) is 3. The molecule has 1 aliphatic rings. The normalized spacial score (nSPS) is 26.3. The topological polar surface area (TPSA) is 179 Å². The van der Waals surface area contributed by atoms with Crippen LogP contribution >= 0.6 is 0 Å². The Morgan fingerprint density at radius 1 is 0.968 bits per heavy atom. The summed E-state index contributed by atoms with van der Waals surface area (Å²) >= 11 is 0. The number of aliphatic hydroxyl groups excluding tert-OH is 4. The van der Waals surface area contributed by atoms with Gasteiger partial charge in [-0.2, -0.15) is 0 Å². The summed E-state index contributed by atoms with van der Waals surface area (Å²) in [6.45, 7) is -0.686. The Morgan fingerprint density at radius 3 is 2.39 bits per heavy atom. The average molecular weight is 436 g/mol. The second-order valence-electron chi connectivity index (χ2n) is 7.05. The van der Waals surface area contributed by atoms with E-state index >= 15 is 0 Å². The summed E-state index contributed by atoms with van der Waals surface area (Å²) in [7, 11) is 1.38. The maximum Gasteiger partial charge on any atom is 0.229 e. The van der Waals surface area contributed by atoms with Gasteiger partial charge in [0.1, 0.15) is 57.9 Å². The highest BCUT2D eigenvalue weighted by atomic mass is 16.7. The van der Waals surface area contributed by atoms with Crippen molar-refractivity contribution in [2.45, 2.75) is 30.7 Å². The number of fused-ring (bicyclic) bond motifs is 2. The molecule has 5 atom stereocenters. The van der Waals surface area contributed by atoms with Crippen LogP contribution in [0.4, 0.5) is 0 Å². The molecule has 1 fully saturated rings. The van der Waals surface area contributed by atoms with E-state index in [0.29, 0.717) is 0 Å². The zero-order chi connectivity index (χ0) is 22.4. The predicted octanol–water partition coefficient (Wildman–Crippen LogP) is -0.455. The third-order valence-electron chi connectivity index (χ3n) is 5.15. The van der Waals surface area contributed by atoms with E-state index in [4.69, 9.17) is 18.6 Å². The lowest BCUT2D eigenvalue weighted by Crippen LogP contribution is -2.60. The van der Waals surface area contributed by atoms with Crippen molar-refractivity contribution in [3.63, 3.8) is 0 Å². The SMILES string of the molecule is COc1cc(O)c2c(=O)c3c(OC4OC(CO)C(O)C(O)C4O)c(O)ccc3oc2c1. The summed E-state index contributed by atoms with van der Waals surface area (Å²) in [4.78, 5) is 13.2. The van der Waals surface area contributed by atoms with Crippen LogP contribution in [0.1, 0.15) is 0 Å². The maximum absolute atomic E-state index is 13.2. The molecule has 31 heavy (non-hydrogen) atoms. The standard InChI is InChI=1S/C20H20O11/c1-28-7-4-9(23)13-11(5-7)29-10-3-2-8(22)19(14(10)16(13)25)31-20-18(27)17(26)15(24)12(6-21)30-20/h2-5,12,15,17-18,20-24,26-27H,6H2,1H3. The van der Waals surface area contributed by atoms with Crippen LogP contribution in [-0.2, 0) is 4.74 Å². The summed E-state index contributed by atoms with van der Waals surface area (Å²) in [5, 5.41) is 59.5. The molecule has 0 amide bonds. The molecule has 11 heteroatoms. The Kier molecular flexibility index (Phi) is 5.37. The fourth-order valence-electron chi connectivity index (χ4n) is 3.50. The predicted molar refractivity (Wildman–Crippen MR) is 104 cm³/mol. The van der Waals surface area contributed by atoms with Crippen LogP contribution in [0.5, 0.6) is 23.0 Å². The summed E-state index contributed by atoms with van der Waals surface area (Å²) in [5.41, 5.74) is -0.728. The fourth-order valence-corrected chi connectivity index (χ4v) is 3.50. The zero-order valence-corrected chi connectivity index (χ0v) is 16.1. The van der Waals surface area contributed by atoms with Crippen LogP contribution < -0.4 is 14.9 Å². The van der Waals surface area contributed by atoms with E-state index in [2.05, 4.69) is 0 Å². The molecule has 2 aromatic carbocycles. The monoisotopic (exact) mass is 436 g/mol. The summed E-state index contributed by atoms with van der Waals surface area (Å²) in [6, 6.07) is 5.10. The van der Waals surface area contributed by atoms with Gasteiger partial charge < -0.3 is 49.3 Å². The Morgan fingerprint density at radius 2 is 1.71 bits per heavy atom. The second-order valence-corrected chi connectivity index (χ2v) is 7.05. The van der Waals surface area contributed by atoms with Gasteiger partial charge in [-0.1, -0.05) is 0 Å². The van der Waals surface area contributed by atoms with Crippen molar-refractivity contribution in [3.8, 4) is 23.0 Å². The number of hydrogen-bond donors (Lipinski definition) is 6. The molecule has 11 nitrogen and oxygen atoms in total. The van der Waals surface area contributed by atoms with Crippen molar-refractivity contribution in [2.75, 3.05) is 13.7 Å². The highest BCUT2D eigenvalue weighted by Gasteiger charge is 2.45. The van der Waals surface area contributed by atoms with E-state index in [-0.39, 0.29) is 27.7 Å². The fraction of sp³-hybridized carbons (Fsp3) is 0.350. The second kappa shape index (κ2) is 7.87. The first-order chi connectivity index (χ1) is 14.8. The molecule has 0 radical (unpaired) electrons. The van der Waals surface area contributed by atoms with Crippen LogP contribution in [0.2, 0.25) is 0 Å². The number of aliphatic hydroxyl groups is 4. The van der Waals surface area contributed by atoms with Gasteiger partial charge >= 0.3 is 0 Å². The first kappa shape index (κ1) is 21.2. The first-order valence-corrected chi connectivity index (χ1v) is 9.23. The van der Waals surface area contributed by atoms with Gasteiger partial charge in [-0.05, 0) is 12.1 Å². The van der Waals surface area contributed by atoms with Crippen molar-refractivity contribution >= 4 is 21.9 Å². The smallest absolute Gasteiger partial charge is 0.229 e.